The quantitative estimate of drug-likeness (QED) is 0.545. The minimum atomic E-state index is -1.17. The number of hydrogen-bond donors (Lipinski definition) is 3. The average molecular weight is 279 g/mol. The molecule has 0 heterocycles. The van der Waals surface area contributed by atoms with E-state index in [1.807, 2.05) is 0 Å². The molecule has 1 saturated carbocycles. The molecule has 0 radical (unpaired) electrons. The van der Waals surface area contributed by atoms with Gasteiger partial charge in [-0.1, -0.05) is 0 Å². The smallest absolute Gasteiger partial charge is 0.329 e. The summed E-state index contributed by atoms with van der Waals surface area (Å²) in [5.74, 6) is -1.83. The third-order valence-electron chi connectivity index (χ3n) is 3.47. The highest BCUT2D eigenvalue weighted by atomic mass is 16.6. The fourth-order valence-electron chi connectivity index (χ4n) is 2.12. The van der Waals surface area contributed by atoms with Crippen LogP contribution in [0.4, 0.5) is 11.4 Å². The Morgan fingerprint density at radius 1 is 1.40 bits per heavy atom. The van der Waals surface area contributed by atoms with E-state index in [1.54, 1.807) is 0 Å². The maximum absolute atomic E-state index is 11.3. The molecule has 1 aliphatic rings. The average Bonchev–Trinajstić information content (AvgIpc) is 2.32. The minimum absolute atomic E-state index is 0.000217. The Balaban J connectivity index is 2.39. The zero-order valence-corrected chi connectivity index (χ0v) is 10.5. The van der Waals surface area contributed by atoms with Crippen molar-refractivity contribution >= 4 is 23.3 Å². The first-order valence-electron chi connectivity index (χ1n) is 5.95. The van der Waals surface area contributed by atoms with Crippen molar-refractivity contribution in [1.82, 2.24) is 0 Å². The normalized spacial score (nSPS) is 16.0. The van der Waals surface area contributed by atoms with Crippen LogP contribution in [0, 0.1) is 10.1 Å². The lowest BCUT2D eigenvalue weighted by atomic mass is 9.76. The number of nitrogens with two attached hydrogens (primary N) is 1. The molecule has 0 saturated heterocycles. The number of nitrogens with one attached hydrogen (secondary N) is 1. The number of carbonyl (C=O) groups excluding carboxylic acids is 1. The molecule has 0 bridgehead atoms. The van der Waals surface area contributed by atoms with Crippen LogP contribution in [0.5, 0.6) is 0 Å². The number of hydrogen-bond acceptors (Lipinski definition) is 5. The minimum Gasteiger partial charge on any atom is -0.480 e. The zero-order valence-electron chi connectivity index (χ0n) is 10.5. The molecule has 0 atom stereocenters. The summed E-state index contributed by atoms with van der Waals surface area (Å²) in [7, 11) is 0. The molecule has 8 nitrogen and oxygen atoms in total. The summed E-state index contributed by atoms with van der Waals surface area (Å²) in [6, 6.07) is 3.67. The lowest BCUT2D eigenvalue weighted by Crippen LogP contribution is -2.52. The van der Waals surface area contributed by atoms with Crippen LogP contribution in [0.15, 0.2) is 18.2 Å². The molecule has 106 valence electrons. The molecule has 2 rings (SSSR count). The topological polar surface area (TPSA) is 136 Å². The van der Waals surface area contributed by atoms with Crippen molar-refractivity contribution in [2.45, 2.75) is 24.8 Å². The summed E-state index contributed by atoms with van der Waals surface area (Å²) in [6.07, 6.45) is 1.54. The lowest BCUT2D eigenvalue weighted by Gasteiger charge is -2.38. The standard InChI is InChI=1S/C12H13N3O5/c13-10(16)7-2-3-8(9(6-7)15(19)20)14-12(11(17)18)4-1-5-12/h2-3,6,14H,1,4-5H2,(H2,13,16)(H,17,18). The second kappa shape index (κ2) is 4.80. The van der Waals surface area contributed by atoms with Crippen LogP contribution in [0.3, 0.4) is 0 Å². The van der Waals surface area contributed by atoms with Crippen LogP contribution < -0.4 is 11.1 Å². The summed E-state index contributed by atoms with van der Waals surface area (Å²) in [4.78, 5) is 32.6. The van der Waals surface area contributed by atoms with E-state index >= 15 is 0 Å². The molecule has 1 fully saturated rings. The highest BCUT2D eigenvalue weighted by Crippen LogP contribution is 2.38. The van der Waals surface area contributed by atoms with Gasteiger partial charge in [0, 0.05) is 11.6 Å². The van der Waals surface area contributed by atoms with Crippen molar-refractivity contribution in [1.29, 1.82) is 0 Å². The maximum Gasteiger partial charge on any atom is 0.329 e. The Morgan fingerprint density at radius 2 is 2.05 bits per heavy atom. The highest BCUT2D eigenvalue weighted by molar-refractivity contribution is 5.95. The summed E-state index contributed by atoms with van der Waals surface area (Å²) < 4.78 is 0. The number of nitro benzene ring substituents is 1. The highest BCUT2D eigenvalue weighted by Gasteiger charge is 2.45. The molecule has 8 heteroatoms. The number of aliphatic carboxylic acids is 1. The van der Waals surface area contributed by atoms with E-state index in [9.17, 15) is 24.8 Å². The molecular formula is C12H13N3O5. The number of carboxylic acid groups (broad SMARTS) is 1. The van der Waals surface area contributed by atoms with Gasteiger partial charge in [0.1, 0.15) is 11.2 Å². The Labute approximate surface area is 113 Å². The van der Waals surface area contributed by atoms with Crippen molar-refractivity contribution in [2.75, 3.05) is 5.32 Å². The summed E-state index contributed by atoms with van der Waals surface area (Å²) in [5, 5.41) is 22.9. The summed E-state index contributed by atoms with van der Waals surface area (Å²) in [6.45, 7) is 0. The molecule has 0 aliphatic heterocycles. The Bertz CT molecular complexity index is 595. The first-order valence-corrected chi connectivity index (χ1v) is 5.95. The van der Waals surface area contributed by atoms with E-state index in [4.69, 9.17) is 5.73 Å². The number of carbonyl (C=O) groups is 2. The molecule has 4 N–H and O–H groups in total. The van der Waals surface area contributed by atoms with Crippen molar-refractivity contribution in [3.8, 4) is 0 Å². The predicted molar refractivity (Wildman–Crippen MR) is 69.5 cm³/mol. The molecule has 0 aromatic heterocycles. The summed E-state index contributed by atoms with van der Waals surface area (Å²) >= 11 is 0. The van der Waals surface area contributed by atoms with Crippen LogP contribution >= 0.6 is 0 Å². The number of amides is 1. The van der Waals surface area contributed by atoms with E-state index in [1.165, 1.54) is 12.1 Å². The van der Waals surface area contributed by atoms with E-state index in [2.05, 4.69) is 5.32 Å². The molecule has 0 unspecified atom stereocenters. The second-order valence-electron chi connectivity index (χ2n) is 4.72. The third-order valence-corrected chi connectivity index (χ3v) is 3.47. The van der Waals surface area contributed by atoms with Gasteiger partial charge in [-0.3, -0.25) is 14.9 Å². The molecule has 1 amide bonds. The number of nitrogens with zero attached hydrogens (tertiary/aromatic N) is 1. The summed E-state index contributed by atoms with van der Waals surface area (Å²) in [5.41, 5.74) is 3.61. The number of nitro groups is 1. The molecule has 1 aliphatic carbocycles. The van der Waals surface area contributed by atoms with Crippen molar-refractivity contribution in [3.63, 3.8) is 0 Å². The van der Waals surface area contributed by atoms with E-state index in [0.29, 0.717) is 12.8 Å². The van der Waals surface area contributed by atoms with Gasteiger partial charge >= 0.3 is 5.97 Å². The van der Waals surface area contributed by atoms with Gasteiger partial charge < -0.3 is 16.2 Å². The third kappa shape index (κ3) is 2.27. The van der Waals surface area contributed by atoms with E-state index in [-0.39, 0.29) is 16.9 Å². The number of rotatable bonds is 5. The Morgan fingerprint density at radius 3 is 2.45 bits per heavy atom. The van der Waals surface area contributed by atoms with Crippen molar-refractivity contribution in [3.05, 3.63) is 33.9 Å². The van der Waals surface area contributed by atoms with E-state index in [0.717, 1.165) is 12.5 Å². The van der Waals surface area contributed by atoms with Gasteiger partial charge in [0.2, 0.25) is 5.91 Å². The first kappa shape index (κ1) is 13.8. The van der Waals surface area contributed by atoms with Crippen LogP contribution in [0.1, 0.15) is 29.6 Å². The SMILES string of the molecule is NC(=O)c1ccc(NC2(C(=O)O)CCC2)c([N+](=O)[O-])c1. The zero-order chi connectivity index (χ0) is 14.9. The fourth-order valence-corrected chi connectivity index (χ4v) is 2.12. The fraction of sp³-hybridized carbons (Fsp3) is 0.333. The van der Waals surface area contributed by atoms with Crippen LogP contribution in [-0.2, 0) is 4.79 Å². The van der Waals surface area contributed by atoms with Gasteiger partial charge in [-0.2, -0.15) is 0 Å². The molecule has 20 heavy (non-hydrogen) atoms. The van der Waals surface area contributed by atoms with Crippen molar-refractivity contribution < 1.29 is 19.6 Å². The second-order valence-corrected chi connectivity index (χ2v) is 4.72. The monoisotopic (exact) mass is 279 g/mol. The molecule has 1 aromatic carbocycles. The van der Waals surface area contributed by atoms with Crippen LogP contribution in [0.2, 0.25) is 0 Å². The van der Waals surface area contributed by atoms with Gasteiger partial charge in [0.05, 0.1) is 4.92 Å². The van der Waals surface area contributed by atoms with Gasteiger partial charge in [0.15, 0.2) is 0 Å². The van der Waals surface area contributed by atoms with Gasteiger partial charge in [-0.15, -0.1) is 0 Å². The lowest BCUT2D eigenvalue weighted by molar-refractivity contribution is -0.384. The van der Waals surface area contributed by atoms with Crippen LogP contribution in [0.25, 0.3) is 0 Å². The number of primary amides is 1. The number of anilines is 1. The van der Waals surface area contributed by atoms with E-state index < -0.39 is 22.3 Å². The predicted octanol–water partition coefficient (Wildman–Crippen LogP) is 1.11. The largest absolute Gasteiger partial charge is 0.480 e. The Hall–Kier alpha value is -2.64. The van der Waals surface area contributed by atoms with Crippen molar-refractivity contribution in [2.24, 2.45) is 5.73 Å². The molecule has 1 aromatic rings. The Kier molecular flexibility index (Phi) is 3.31. The molecule has 0 spiro atoms. The molecular weight excluding hydrogens is 266 g/mol. The number of carboxylic acids is 1. The van der Waals surface area contributed by atoms with Gasteiger partial charge in [-0.05, 0) is 31.4 Å². The van der Waals surface area contributed by atoms with Crippen LogP contribution in [-0.4, -0.2) is 27.4 Å². The van der Waals surface area contributed by atoms with Gasteiger partial charge in [-0.25, -0.2) is 4.79 Å². The van der Waals surface area contributed by atoms with Gasteiger partial charge in [0.25, 0.3) is 5.69 Å². The first-order chi connectivity index (χ1) is 9.35. The maximum atomic E-state index is 11.3. The number of benzene rings is 1.